The van der Waals surface area contributed by atoms with Crippen LogP contribution in [0.15, 0.2) is 20.3 Å². The van der Waals surface area contributed by atoms with Crippen LogP contribution in [-0.4, -0.2) is 10.2 Å². The second-order valence-corrected chi connectivity index (χ2v) is 5.23. The first kappa shape index (κ1) is 11.6. The van der Waals surface area contributed by atoms with Crippen LogP contribution in [0, 0.1) is 0 Å². The number of hydrogen-bond acceptors (Lipinski definition) is 6. The molecule has 0 aromatic carbocycles. The van der Waals surface area contributed by atoms with Crippen molar-refractivity contribution in [2.24, 2.45) is 5.73 Å². The molecule has 0 amide bonds. The predicted molar refractivity (Wildman–Crippen MR) is 66.2 cm³/mol. The molecule has 2 aromatic rings. The smallest absolute Gasteiger partial charge is 0.315 e. The molecule has 5 nitrogen and oxygen atoms in total. The van der Waals surface area contributed by atoms with Crippen molar-refractivity contribution in [3.8, 4) is 0 Å². The molecule has 86 valence electrons. The predicted octanol–water partition coefficient (Wildman–Crippen LogP) is 2.53. The van der Waals surface area contributed by atoms with Gasteiger partial charge in [0.25, 0.3) is 0 Å². The van der Waals surface area contributed by atoms with Crippen molar-refractivity contribution in [1.82, 2.24) is 10.2 Å². The molecule has 3 N–H and O–H groups in total. The van der Waals surface area contributed by atoms with Gasteiger partial charge in [0, 0.05) is 14.7 Å². The van der Waals surface area contributed by atoms with E-state index in [0.29, 0.717) is 18.5 Å². The van der Waals surface area contributed by atoms with Crippen molar-refractivity contribution in [1.29, 1.82) is 0 Å². The van der Waals surface area contributed by atoms with Gasteiger partial charge in [-0.2, -0.15) is 0 Å². The third kappa shape index (κ3) is 2.81. The fourth-order valence-electron chi connectivity index (χ4n) is 1.10. The molecule has 0 spiro atoms. The molecule has 0 bridgehead atoms. The molecule has 2 heterocycles. The number of nitrogens with one attached hydrogen (secondary N) is 1. The monoisotopic (exact) mass is 302 g/mol. The Kier molecular flexibility index (Phi) is 3.57. The van der Waals surface area contributed by atoms with Gasteiger partial charge in [0.15, 0.2) is 0 Å². The Morgan fingerprint density at radius 3 is 3.00 bits per heavy atom. The molecule has 16 heavy (non-hydrogen) atoms. The summed E-state index contributed by atoms with van der Waals surface area (Å²) in [5.41, 5.74) is 5.61. The SMILES string of the molecule is CC(N)c1nnc(NCc2cc(Br)cs2)o1. The molecule has 0 aliphatic carbocycles. The molecule has 0 saturated heterocycles. The van der Waals surface area contributed by atoms with Gasteiger partial charge in [0.05, 0.1) is 12.6 Å². The molecule has 0 fully saturated rings. The third-order valence-corrected chi connectivity index (χ3v) is 3.56. The Morgan fingerprint density at radius 2 is 2.44 bits per heavy atom. The lowest BCUT2D eigenvalue weighted by molar-refractivity contribution is 0.473. The van der Waals surface area contributed by atoms with Gasteiger partial charge in [-0.05, 0) is 28.9 Å². The van der Waals surface area contributed by atoms with E-state index in [1.54, 1.807) is 18.3 Å². The lowest BCUT2D eigenvalue weighted by atomic mass is 10.4. The first-order chi connectivity index (χ1) is 7.65. The molecule has 2 aromatic heterocycles. The van der Waals surface area contributed by atoms with Gasteiger partial charge < -0.3 is 15.5 Å². The topological polar surface area (TPSA) is 77.0 Å². The van der Waals surface area contributed by atoms with E-state index in [0.717, 1.165) is 4.47 Å². The van der Waals surface area contributed by atoms with Gasteiger partial charge in [-0.3, -0.25) is 0 Å². The number of aromatic nitrogens is 2. The van der Waals surface area contributed by atoms with E-state index in [9.17, 15) is 0 Å². The van der Waals surface area contributed by atoms with Gasteiger partial charge in [0.1, 0.15) is 0 Å². The normalized spacial score (nSPS) is 12.7. The zero-order valence-electron chi connectivity index (χ0n) is 8.61. The van der Waals surface area contributed by atoms with Crippen LogP contribution in [0.5, 0.6) is 0 Å². The second kappa shape index (κ2) is 4.94. The van der Waals surface area contributed by atoms with Crippen molar-refractivity contribution >= 4 is 33.3 Å². The fraction of sp³-hybridized carbons (Fsp3) is 0.333. The molecular weight excluding hydrogens is 292 g/mol. The van der Waals surface area contributed by atoms with Crippen LogP contribution >= 0.6 is 27.3 Å². The zero-order valence-corrected chi connectivity index (χ0v) is 11.0. The number of hydrogen-bond donors (Lipinski definition) is 2. The maximum atomic E-state index is 5.61. The molecule has 2 rings (SSSR count). The summed E-state index contributed by atoms with van der Waals surface area (Å²) in [7, 11) is 0. The lowest BCUT2D eigenvalue weighted by Gasteiger charge is -1.98. The average Bonchev–Trinajstić information content (AvgIpc) is 2.83. The van der Waals surface area contributed by atoms with E-state index in [-0.39, 0.29) is 6.04 Å². The summed E-state index contributed by atoms with van der Waals surface area (Å²) >= 11 is 5.05. The van der Waals surface area contributed by atoms with Crippen molar-refractivity contribution in [2.75, 3.05) is 5.32 Å². The van der Waals surface area contributed by atoms with Crippen LogP contribution in [0.2, 0.25) is 0 Å². The number of nitrogens with two attached hydrogens (primary N) is 1. The largest absolute Gasteiger partial charge is 0.406 e. The summed E-state index contributed by atoms with van der Waals surface area (Å²) in [4.78, 5) is 1.19. The first-order valence-corrected chi connectivity index (χ1v) is 6.38. The van der Waals surface area contributed by atoms with Crippen LogP contribution in [-0.2, 0) is 6.54 Å². The van der Waals surface area contributed by atoms with Gasteiger partial charge in [-0.1, -0.05) is 5.10 Å². The number of thiophene rings is 1. The van der Waals surface area contributed by atoms with E-state index in [1.165, 1.54) is 4.88 Å². The van der Waals surface area contributed by atoms with E-state index in [1.807, 2.05) is 11.4 Å². The summed E-state index contributed by atoms with van der Waals surface area (Å²) in [6.45, 7) is 2.46. The minimum Gasteiger partial charge on any atom is -0.406 e. The van der Waals surface area contributed by atoms with Crippen molar-refractivity contribution in [3.63, 3.8) is 0 Å². The highest BCUT2D eigenvalue weighted by molar-refractivity contribution is 9.10. The zero-order chi connectivity index (χ0) is 11.5. The molecule has 0 aliphatic rings. The van der Waals surface area contributed by atoms with Gasteiger partial charge in [0.2, 0.25) is 5.89 Å². The summed E-state index contributed by atoms with van der Waals surface area (Å²) in [5, 5.41) is 12.7. The summed E-state index contributed by atoms with van der Waals surface area (Å²) in [6.07, 6.45) is 0. The Bertz CT molecular complexity index is 468. The van der Waals surface area contributed by atoms with E-state index in [4.69, 9.17) is 10.2 Å². The Hall–Kier alpha value is -0.920. The number of nitrogens with zero attached hydrogens (tertiary/aromatic N) is 2. The highest BCUT2D eigenvalue weighted by Gasteiger charge is 2.09. The highest BCUT2D eigenvalue weighted by Crippen LogP contribution is 2.20. The van der Waals surface area contributed by atoms with Crippen LogP contribution in [0.25, 0.3) is 0 Å². The average molecular weight is 303 g/mol. The number of halogens is 1. The van der Waals surface area contributed by atoms with Gasteiger partial charge >= 0.3 is 6.01 Å². The van der Waals surface area contributed by atoms with E-state index < -0.39 is 0 Å². The van der Waals surface area contributed by atoms with Crippen molar-refractivity contribution in [3.05, 3.63) is 26.7 Å². The number of anilines is 1. The maximum Gasteiger partial charge on any atom is 0.315 e. The Balaban J connectivity index is 1.94. The second-order valence-electron chi connectivity index (χ2n) is 3.32. The van der Waals surface area contributed by atoms with E-state index >= 15 is 0 Å². The molecule has 0 radical (unpaired) electrons. The van der Waals surface area contributed by atoms with Crippen LogP contribution in [0.3, 0.4) is 0 Å². The van der Waals surface area contributed by atoms with Gasteiger partial charge in [-0.25, -0.2) is 0 Å². The molecular formula is C9H11BrN4OS. The summed E-state index contributed by atoms with van der Waals surface area (Å²) in [5.74, 6) is 0.440. The summed E-state index contributed by atoms with van der Waals surface area (Å²) < 4.78 is 6.39. The summed E-state index contributed by atoms with van der Waals surface area (Å²) in [6, 6.07) is 2.20. The fourth-order valence-corrected chi connectivity index (χ4v) is 2.49. The number of rotatable bonds is 4. The van der Waals surface area contributed by atoms with Crippen LogP contribution in [0.4, 0.5) is 6.01 Å². The Morgan fingerprint density at radius 1 is 1.62 bits per heavy atom. The van der Waals surface area contributed by atoms with Crippen molar-refractivity contribution < 1.29 is 4.42 Å². The van der Waals surface area contributed by atoms with Crippen LogP contribution in [0.1, 0.15) is 23.7 Å². The molecule has 1 atom stereocenters. The third-order valence-electron chi connectivity index (χ3n) is 1.87. The minimum absolute atomic E-state index is 0.237. The van der Waals surface area contributed by atoms with Crippen LogP contribution < -0.4 is 11.1 Å². The molecule has 1 unspecified atom stereocenters. The minimum atomic E-state index is -0.237. The molecule has 7 heteroatoms. The molecule has 0 aliphatic heterocycles. The standard InChI is InChI=1S/C9H11BrN4OS/c1-5(11)8-13-14-9(15-8)12-3-7-2-6(10)4-16-7/h2,4-5H,3,11H2,1H3,(H,12,14). The molecule has 0 saturated carbocycles. The highest BCUT2D eigenvalue weighted by atomic mass is 79.9. The van der Waals surface area contributed by atoms with Crippen molar-refractivity contribution in [2.45, 2.75) is 19.5 Å². The quantitative estimate of drug-likeness (QED) is 0.907. The lowest BCUT2D eigenvalue weighted by Crippen LogP contribution is -2.04. The van der Waals surface area contributed by atoms with Gasteiger partial charge in [-0.15, -0.1) is 16.4 Å². The van der Waals surface area contributed by atoms with E-state index in [2.05, 4.69) is 31.4 Å². The Labute approximate surface area is 105 Å². The maximum absolute atomic E-state index is 5.61. The first-order valence-electron chi connectivity index (χ1n) is 4.71.